The second kappa shape index (κ2) is 6.38. The first kappa shape index (κ1) is 14.3. The number of rotatable bonds is 6. The minimum absolute atomic E-state index is 0.0860. The fourth-order valence-electron chi connectivity index (χ4n) is 1.68. The van der Waals surface area contributed by atoms with Crippen molar-refractivity contribution < 1.29 is 19.4 Å². The summed E-state index contributed by atoms with van der Waals surface area (Å²) < 4.78 is 10.8. The van der Waals surface area contributed by atoms with Gasteiger partial charge in [-0.3, -0.25) is 0 Å². The number of benzene rings is 1. The van der Waals surface area contributed by atoms with Crippen molar-refractivity contribution in [1.29, 1.82) is 0 Å². The largest absolute Gasteiger partial charge is 0.494 e. The molecule has 5 nitrogen and oxygen atoms in total. The van der Waals surface area contributed by atoms with Crippen LogP contribution in [0.15, 0.2) is 23.6 Å². The molecule has 0 spiro atoms. The maximum Gasteiger partial charge on any atom is 0.339 e. The predicted molar refractivity (Wildman–Crippen MR) is 75.8 cm³/mol. The lowest BCUT2D eigenvalue weighted by Gasteiger charge is -2.10. The molecule has 0 aliphatic carbocycles. The van der Waals surface area contributed by atoms with E-state index in [0.29, 0.717) is 18.1 Å². The van der Waals surface area contributed by atoms with Crippen molar-refractivity contribution in [3.63, 3.8) is 0 Å². The summed E-state index contributed by atoms with van der Waals surface area (Å²) in [5.74, 6) is -0.218. The lowest BCUT2D eigenvalue weighted by Crippen LogP contribution is -2.04. The number of carbonyl (C=O) groups is 1. The number of hydrogen-bond acceptors (Lipinski definition) is 5. The van der Waals surface area contributed by atoms with E-state index in [1.165, 1.54) is 17.4 Å². The van der Waals surface area contributed by atoms with Crippen molar-refractivity contribution in [2.75, 3.05) is 6.61 Å². The summed E-state index contributed by atoms with van der Waals surface area (Å²) in [5.41, 5.74) is 0.876. The molecule has 0 amide bonds. The highest BCUT2D eigenvalue weighted by Crippen LogP contribution is 2.25. The first-order valence-corrected chi connectivity index (χ1v) is 7.02. The van der Waals surface area contributed by atoms with E-state index in [9.17, 15) is 9.90 Å². The first-order chi connectivity index (χ1) is 9.60. The van der Waals surface area contributed by atoms with Crippen LogP contribution in [0.2, 0.25) is 0 Å². The zero-order valence-corrected chi connectivity index (χ0v) is 12.1. The van der Waals surface area contributed by atoms with Gasteiger partial charge in [0.05, 0.1) is 17.3 Å². The van der Waals surface area contributed by atoms with Crippen molar-refractivity contribution in [3.8, 4) is 11.5 Å². The second-order valence-corrected chi connectivity index (χ2v) is 5.10. The Hall–Kier alpha value is -2.08. The van der Waals surface area contributed by atoms with Gasteiger partial charge in [-0.1, -0.05) is 0 Å². The minimum Gasteiger partial charge on any atom is -0.494 e. The summed E-state index contributed by atoms with van der Waals surface area (Å²) >= 11 is 1.53. The van der Waals surface area contributed by atoms with E-state index in [4.69, 9.17) is 9.47 Å². The molecule has 1 aromatic heterocycles. The fraction of sp³-hybridized carbons (Fsp3) is 0.286. The summed E-state index contributed by atoms with van der Waals surface area (Å²) in [6, 6.07) is 4.76. The molecular weight excluding hydrogens is 278 g/mol. The average Bonchev–Trinajstić information content (AvgIpc) is 2.83. The lowest BCUT2D eigenvalue weighted by molar-refractivity contribution is 0.0691. The molecule has 0 atom stereocenters. The van der Waals surface area contributed by atoms with E-state index in [2.05, 4.69) is 4.98 Å². The number of aromatic nitrogens is 1. The summed E-state index contributed by atoms with van der Waals surface area (Å²) in [7, 11) is 0. The standard InChI is InChI=1S/C14H15NO4S/c1-3-18-11-4-5-13(12(6-11)14(16)17)19-7-10-8-20-9(2)15-10/h4-6,8H,3,7H2,1-2H3,(H,16,17). The summed E-state index contributed by atoms with van der Waals surface area (Å²) in [5, 5.41) is 12.1. The Morgan fingerprint density at radius 3 is 2.80 bits per heavy atom. The Kier molecular flexibility index (Phi) is 4.57. The number of thiazole rings is 1. The highest BCUT2D eigenvalue weighted by atomic mass is 32.1. The van der Waals surface area contributed by atoms with Crippen LogP contribution in [0, 0.1) is 6.92 Å². The van der Waals surface area contributed by atoms with E-state index in [0.717, 1.165) is 10.7 Å². The quantitative estimate of drug-likeness (QED) is 0.886. The number of ether oxygens (including phenoxy) is 2. The molecule has 0 radical (unpaired) electrons. The maximum absolute atomic E-state index is 11.2. The molecule has 0 fully saturated rings. The Balaban J connectivity index is 2.15. The van der Waals surface area contributed by atoms with Crippen LogP contribution in [-0.2, 0) is 6.61 Å². The van der Waals surface area contributed by atoms with Gasteiger partial charge in [0.1, 0.15) is 23.7 Å². The highest BCUT2D eigenvalue weighted by Gasteiger charge is 2.13. The SMILES string of the molecule is CCOc1ccc(OCc2csc(C)n2)c(C(=O)O)c1. The molecule has 1 aromatic carbocycles. The van der Waals surface area contributed by atoms with E-state index in [1.54, 1.807) is 12.1 Å². The van der Waals surface area contributed by atoms with Gasteiger partial charge in [-0.15, -0.1) is 11.3 Å². The molecule has 20 heavy (non-hydrogen) atoms. The first-order valence-electron chi connectivity index (χ1n) is 6.14. The van der Waals surface area contributed by atoms with Crippen molar-refractivity contribution in [1.82, 2.24) is 4.98 Å². The van der Waals surface area contributed by atoms with Crippen LogP contribution in [0.1, 0.15) is 28.0 Å². The fourth-order valence-corrected chi connectivity index (χ4v) is 2.28. The molecule has 0 unspecified atom stereocenters. The third kappa shape index (κ3) is 3.48. The molecule has 0 saturated carbocycles. The van der Waals surface area contributed by atoms with Gasteiger partial charge in [0.15, 0.2) is 0 Å². The smallest absolute Gasteiger partial charge is 0.339 e. The maximum atomic E-state index is 11.2. The molecule has 0 aliphatic heterocycles. The van der Waals surface area contributed by atoms with Crippen LogP contribution in [-0.4, -0.2) is 22.7 Å². The predicted octanol–water partition coefficient (Wildman–Crippen LogP) is 3.13. The van der Waals surface area contributed by atoms with Crippen molar-refractivity contribution in [2.45, 2.75) is 20.5 Å². The Bertz CT molecular complexity index is 609. The minimum atomic E-state index is -1.05. The number of nitrogens with zero attached hydrogens (tertiary/aromatic N) is 1. The van der Waals surface area contributed by atoms with Gasteiger partial charge < -0.3 is 14.6 Å². The lowest BCUT2D eigenvalue weighted by atomic mass is 10.2. The van der Waals surface area contributed by atoms with Crippen LogP contribution in [0.4, 0.5) is 0 Å². The third-order valence-corrected chi connectivity index (χ3v) is 3.36. The molecule has 2 rings (SSSR count). The molecule has 1 heterocycles. The topological polar surface area (TPSA) is 68.7 Å². The van der Waals surface area contributed by atoms with E-state index >= 15 is 0 Å². The molecule has 1 N–H and O–H groups in total. The number of aromatic carboxylic acids is 1. The monoisotopic (exact) mass is 293 g/mol. The number of hydrogen-bond donors (Lipinski definition) is 1. The van der Waals surface area contributed by atoms with Gasteiger partial charge >= 0.3 is 5.97 Å². The average molecular weight is 293 g/mol. The van der Waals surface area contributed by atoms with Gasteiger partial charge in [0, 0.05) is 5.38 Å². The highest BCUT2D eigenvalue weighted by molar-refractivity contribution is 7.09. The van der Waals surface area contributed by atoms with Crippen LogP contribution in [0.5, 0.6) is 11.5 Å². The molecule has 0 aliphatic rings. The summed E-state index contributed by atoms with van der Waals surface area (Å²) in [4.78, 5) is 15.5. The third-order valence-electron chi connectivity index (χ3n) is 2.53. The molecule has 0 bridgehead atoms. The van der Waals surface area contributed by atoms with Gasteiger partial charge in [-0.2, -0.15) is 0 Å². The van der Waals surface area contributed by atoms with Crippen molar-refractivity contribution in [3.05, 3.63) is 39.8 Å². The van der Waals surface area contributed by atoms with Gasteiger partial charge in [-0.25, -0.2) is 9.78 Å². The summed E-state index contributed by atoms with van der Waals surface area (Å²) in [6.45, 7) is 4.49. The molecular formula is C14H15NO4S. The van der Waals surface area contributed by atoms with E-state index in [1.807, 2.05) is 19.2 Å². The molecule has 106 valence electrons. The number of carboxylic acid groups (broad SMARTS) is 1. The normalized spacial score (nSPS) is 10.3. The Morgan fingerprint density at radius 2 is 2.20 bits per heavy atom. The van der Waals surface area contributed by atoms with Crippen LogP contribution >= 0.6 is 11.3 Å². The van der Waals surface area contributed by atoms with Gasteiger partial charge in [0.25, 0.3) is 0 Å². The molecule has 2 aromatic rings. The Labute approximate surface area is 120 Å². The van der Waals surface area contributed by atoms with Crippen molar-refractivity contribution >= 4 is 17.3 Å². The zero-order valence-electron chi connectivity index (χ0n) is 11.3. The van der Waals surface area contributed by atoms with Crippen LogP contribution < -0.4 is 9.47 Å². The van der Waals surface area contributed by atoms with Gasteiger partial charge in [-0.05, 0) is 32.0 Å². The summed E-state index contributed by atoms with van der Waals surface area (Å²) in [6.07, 6.45) is 0. The van der Waals surface area contributed by atoms with E-state index < -0.39 is 5.97 Å². The van der Waals surface area contributed by atoms with Crippen LogP contribution in [0.25, 0.3) is 0 Å². The van der Waals surface area contributed by atoms with Crippen molar-refractivity contribution in [2.24, 2.45) is 0 Å². The number of aryl methyl sites for hydroxylation is 1. The molecule has 6 heteroatoms. The second-order valence-electron chi connectivity index (χ2n) is 4.04. The zero-order chi connectivity index (χ0) is 14.5. The number of carboxylic acids is 1. The molecule has 0 saturated heterocycles. The van der Waals surface area contributed by atoms with E-state index in [-0.39, 0.29) is 12.2 Å². The van der Waals surface area contributed by atoms with Gasteiger partial charge in [0.2, 0.25) is 0 Å². The Morgan fingerprint density at radius 1 is 1.40 bits per heavy atom. The van der Waals surface area contributed by atoms with Crippen LogP contribution in [0.3, 0.4) is 0 Å².